The predicted molar refractivity (Wildman–Crippen MR) is 69.1 cm³/mol. The first-order valence-corrected chi connectivity index (χ1v) is 7.43. The molecule has 112 valence electrons. The minimum Gasteiger partial charge on any atom is -0.480 e. The second kappa shape index (κ2) is 7.15. The standard InChI is InChI=1S/C10H21N3O5S/c1-11(2)3-4-13(9-10(14)15)19(16,17)12-5-7-18-8-6-12/h3-9H2,1-2H3,(H,14,15). The molecule has 1 fully saturated rings. The van der Waals surface area contributed by atoms with E-state index in [2.05, 4.69) is 0 Å². The first-order chi connectivity index (χ1) is 8.84. The molecule has 0 aromatic heterocycles. The van der Waals surface area contributed by atoms with E-state index in [9.17, 15) is 13.2 Å². The van der Waals surface area contributed by atoms with Crippen molar-refractivity contribution in [1.29, 1.82) is 0 Å². The Kier molecular flexibility index (Phi) is 6.14. The Balaban J connectivity index is 2.77. The van der Waals surface area contributed by atoms with Crippen LogP contribution in [0.4, 0.5) is 0 Å². The molecule has 0 bridgehead atoms. The molecule has 0 unspecified atom stereocenters. The summed E-state index contributed by atoms with van der Waals surface area (Å²) in [7, 11) is -0.124. The molecule has 1 aliphatic heterocycles. The summed E-state index contributed by atoms with van der Waals surface area (Å²) >= 11 is 0. The maximum absolute atomic E-state index is 12.3. The largest absolute Gasteiger partial charge is 0.480 e. The number of carboxylic acids is 1. The number of likely N-dealkylation sites (N-methyl/N-ethyl adjacent to an activating group) is 1. The van der Waals surface area contributed by atoms with Gasteiger partial charge in [-0.2, -0.15) is 17.0 Å². The van der Waals surface area contributed by atoms with Crippen molar-refractivity contribution >= 4 is 16.2 Å². The Labute approximate surface area is 113 Å². The Morgan fingerprint density at radius 2 is 1.84 bits per heavy atom. The lowest BCUT2D eigenvalue weighted by molar-refractivity contribution is -0.137. The van der Waals surface area contributed by atoms with Gasteiger partial charge in [0.15, 0.2) is 0 Å². The Morgan fingerprint density at radius 3 is 2.32 bits per heavy atom. The summed E-state index contributed by atoms with van der Waals surface area (Å²) in [4.78, 5) is 12.6. The molecule has 1 aliphatic rings. The Bertz CT molecular complexity index is 392. The fourth-order valence-corrected chi connectivity index (χ4v) is 3.20. The van der Waals surface area contributed by atoms with Gasteiger partial charge in [0.05, 0.1) is 13.2 Å². The van der Waals surface area contributed by atoms with Crippen LogP contribution in [0.2, 0.25) is 0 Å². The van der Waals surface area contributed by atoms with Crippen LogP contribution in [0.5, 0.6) is 0 Å². The summed E-state index contributed by atoms with van der Waals surface area (Å²) in [5.74, 6) is -1.16. The van der Waals surface area contributed by atoms with Crippen molar-refractivity contribution in [2.75, 3.05) is 60.0 Å². The molecule has 1 saturated heterocycles. The summed E-state index contributed by atoms with van der Waals surface area (Å²) in [6.07, 6.45) is 0. The van der Waals surface area contributed by atoms with E-state index in [0.717, 1.165) is 4.31 Å². The van der Waals surface area contributed by atoms with Crippen LogP contribution in [-0.4, -0.2) is 93.0 Å². The third-order valence-electron chi connectivity index (χ3n) is 2.73. The monoisotopic (exact) mass is 295 g/mol. The van der Waals surface area contributed by atoms with Gasteiger partial charge in [0.2, 0.25) is 0 Å². The van der Waals surface area contributed by atoms with Crippen molar-refractivity contribution < 1.29 is 23.1 Å². The number of carboxylic acid groups (broad SMARTS) is 1. The molecule has 0 atom stereocenters. The summed E-state index contributed by atoms with van der Waals surface area (Å²) < 4.78 is 32.1. The van der Waals surface area contributed by atoms with Crippen LogP contribution in [0.15, 0.2) is 0 Å². The van der Waals surface area contributed by atoms with Gasteiger partial charge in [-0.05, 0) is 14.1 Å². The molecule has 8 nitrogen and oxygen atoms in total. The van der Waals surface area contributed by atoms with Gasteiger partial charge in [-0.3, -0.25) is 4.79 Å². The normalized spacial score (nSPS) is 18.1. The number of hydrogen-bond acceptors (Lipinski definition) is 5. The molecule has 0 aliphatic carbocycles. The lowest BCUT2D eigenvalue weighted by atomic mass is 10.5. The molecule has 0 aromatic rings. The highest BCUT2D eigenvalue weighted by Gasteiger charge is 2.32. The number of aliphatic carboxylic acids is 1. The summed E-state index contributed by atoms with van der Waals surface area (Å²) in [5, 5.41) is 8.85. The van der Waals surface area contributed by atoms with E-state index in [1.807, 2.05) is 4.90 Å². The summed E-state index contributed by atoms with van der Waals surface area (Å²) in [6.45, 7) is 1.31. The van der Waals surface area contributed by atoms with Crippen molar-refractivity contribution in [2.45, 2.75) is 0 Å². The van der Waals surface area contributed by atoms with Crippen LogP contribution >= 0.6 is 0 Å². The number of rotatable bonds is 7. The maximum Gasteiger partial charge on any atom is 0.318 e. The predicted octanol–water partition coefficient (Wildman–Crippen LogP) is -1.49. The zero-order valence-electron chi connectivity index (χ0n) is 11.3. The van der Waals surface area contributed by atoms with Gasteiger partial charge in [-0.15, -0.1) is 0 Å². The van der Waals surface area contributed by atoms with E-state index in [0.29, 0.717) is 19.8 Å². The van der Waals surface area contributed by atoms with E-state index in [-0.39, 0.29) is 19.6 Å². The summed E-state index contributed by atoms with van der Waals surface area (Å²) in [6, 6.07) is 0. The Hall–Kier alpha value is -0.740. The van der Waals surface area contributed by atoms with Crippen LogP contribution in [0.25, 0.3) is 0 Å². The minimum absolute atomic E-state index is 0.152. The topological polar surface area (TPSA) is 90.4 Å². The van der Waals surface area contributed by atoms with Gasteiger partial charge in [-0.1, -0.05) is 0 Å². The molecule has 9 heteroatoms. The van der Waals surface area contributed by atoms with Gasteiger partial charge in [0, 0.05) is 26.2 Å². The lowest BCUT2D eigenvalue weighted by Gasteiger charge is -2.31. The fraction of sp³-hybridized carbons (Fsp3) is 0.900. The smallest absolute Gasteiger partial charge is 0.318 e. The molecule has 1 N–H and O–H groups in total. The molecular formula is C10H21N3O5S. The van der Waals surface area contributed by atoms with Gasteiger partial charge in [0.1, 0.15) is 6.54 Å². The number of nitrogens with zero attached hydrogens (tertiary/aromatic N) is 3. The Morgan fingerprint density at radius 1 is 1.26 bits per heavy atom. The molecule has 19 heavy (non-hydrogen) atoms. The van der Waals surface area contributed by atoms with Gasteiger partial charge in [0.25, 0.3) is 10.2 Å². The molecule has 0 spiro atoms. The number of hydrogen-bond donors (Lipinski definition) is 1. The zero-order chi connectivity index (χ0) is 14.5. The molecule has 0 amide bonds. The first-order valence-electron chi connectivity index (χ1n) is 6.03. The van der Waals surface area contributed by atoms with Crippen LogP contribution in [0.1, 0.15) is 0 Å². The molecular weight excluding hydrogens is 274 g/mol. The van der Waals surface area contributed by atoms with Crippen molar-refractivity contribution in [3.8, 4) is 0 Å². The number of carbonyl (C=O) groups is 1. The molecule has 0 saturated carbocycles. The lowest BCUT2D eigenvalue weighted by Crippen LogP contribution is -2.51. The van der Waals surface area contributed by atoms with Gasteiger partial charge >= 0.3 is 5.97 Å². The summed E-state index contributed by atoms with van der Waals surface area (Å²) in [5.41, 5.74) is 0. The van der Waals surface area contributed by atoms with Crippen LogP contribution in [-0.2, 0) is 19.7 Å². The maximum atomic E-state index is 12.3. The van der Waals surface area contributed by atoms with E-state index < -0.39 is 22.7 Å². The highest BCUT2D eigenvalue weighted by molar-refractivity contribution is 7.86. The molecule has 1 heterocycles. The highest BCUT2D eigenvalue weighted by Crippen LogP contribution is 2.10. The van der Waals surface area contributed by atoms with E-state index in [4.69, 9.17) is 9.84 Å². The molecule has 1 rings (SSSR count). The van der Waals surface area contributed by atoms with Crippen molar-refractivity contribution in [2.24, 2.45) is 0 Å². The third-order valence-corrected chi connectivity index (χ3v) is 4.71. The third kappa shape index (κ3) is 5.03. The van der Waals surface area contributed by atoms with Crippen molar-refractivity contribution in [3.05, 3.63) is 0 Å². The quantitative estimate of drug-likeness (QED) is 0.615. The van der Waals surface area contributed by atoms with Crippen LogP contribution in [0.3, 0.4) is 0 Å². The zero-order valence-corrected chi connectivity index (χ0v) is 12.1. The second-order valence-corrected chi connectivity index (χ2v) is 6.48. The van der Waals surface area contributed by atoms with E-state index >= 15 is 0 Å². The van der Waals surface area contributed by atoms with E-state index in [1.165, 1.54) is 4.31 Å². The fourth-order valence-electron chi connectivity index (χ4n) is 1.68. The number of ether oxygens (including phenoxy) is 1. The van der Waals surface area contributed by atoms with Gasteiger partial charge < -0.3 is 14.7 Å². The average molecular weight is 295 g/mol. The molecule has 0 radical (unpaired) electrons. The second-order valence-electron chi connectivity index (χ2n) is 4.55. The van der Waals surface area contributed by atoms with Crippen molar-refractivity contribution in [1.82, 2.24) is 13.5 Å². The number of morpholine rings is 1. The average Bonchev–Trinajstić information content (AvgIpc) is 2.34. The van der Waals surface area contributed by atoms with E-state index in [1.54, 1.807) is 14.1 Å². The molecule has 0 aromatic carbocycles. The van der Waals surface area contributed by atoms with Crippen LogP contribution in [0, 0.1) is 0 Å². The van der Waals surface area contributed by atoms with Crippen LogP contribution < -0.4 is 0 Å². The first kappa shape index (κ1) is 16.3. The SMILES string of the molecule is CN(C)CCN(CC(=O)O)S(=O)(=O)N1CCOCC1. The van der Waals surface area contributed by atoms with Gasteiger partial charge in [-0.25, -0.2) is 0 Å². The van der Waals surface area contributed by atoms with Crippen molar-refractivity contribution in [3.63, 3.8) is 0 Å². The minimum atomic E-state index is -3.74. The highest BCUT2D eigenvalue weighted by atomic mass is 32.2.